The lowest BCUT2D eigenvalue weighted by atomic mass is 10.1. The Morgan fingerprint density at radius 1 is 1.20 bits per heavy atom. The molecule has 0 aromatic rings. The van der Waals surface area contributed by atoms with Gasteiger partial charge in [-0.1, -0.05) is 6.92 Å². The van der Waals surface area contributed by atoms with E-state index in [2.05, 4.69) is 14.8 Å². The zero-order valence-corrected chi connectivity index (χ0v) is 11.0. The van der Waals surface area contributed by atoms with Gasteiger partial charge in [-0.05, 0) is 40.3 Å². The number of hydrogen-bond acceptors (Lipinski definition) is 3. The van der Waals surface area contributed by atoms with E-state index in [0.29, 0.717) is 6.54 Å². The zero-order valence-electron chi connectivity index (χ0n) is 10.2. The maximum atomic E-state index is 11.5. The van der Waals surface area contributed by atoms with Crippen molar-refractivity contribution in [1.29, 1.82) is 0 Å². The lowest BCUT2D eigenvalue weighted by Crippen LogP contribution is -2.48. The normalized spacial score (nSPS) is 15.3. The van der Waals surface area contributed by atoms with Crippen molar-refractivity contribution in [2.24, 2.45) is 5.92 Å². The average molecular weight is 237 g/mol. The highest BCUT2D eigenvalue weighted by Crippen LogP contribution is 2.00. The van der Waals surface area contributed by atoms with Gasteiger partial charge in [0, 0.05) is 12.1 Å². The Morgan fingerprint density at radius 2 is 1.73 bits per heavy atom. The summed E-state index contributed by atoms with van der Waals surface area (Å²) >= 11 is 0. The predicted molar refractivity (Wildman–Crippen MR) is 62.9 cm³/mol. The van der Waals surface area contributed by atoms with Gasteiger partial charge < -0.3 is 5.32 Å². The van der Waals surface area contributed by atoms with Gasteiger partial charge in [0.05, 0.1) is 0 Å². The summed E-state index contributed by atoms with van der Waals surface area (Å²) in [5.41, 5.74) is -0.446. The lowest BCUT2D eigenvalue weighted by Gasteiger charge is -2.21. The molecule has 0 fully saturated rings. The molecule has 1 unspecified atom stereocenters. The Bertz CT molecular complexity index is 270. The summed E-state index contributed by atoms with van der Waals surface area (Å²) in [7, 11) is -1.53. The minimum absolute atomic E-state index is 0.270. The second kappa shape index (κ2) is 5.79. The Balaban J connectivity index is 4.06. The molecular formula is C9H23N3O2S. The van der Waals surface area contributed by atoms with E-state index in [1.54, 1.807) is 0 Å². The predicted octanol–water partition coefficient (Wildman–Crippen LogP) is 0.0644. The molecule has 0 aliphatic heterocycles. The second-order valence-electron chi connectivity index (χ2n) is 4.87. The molecule has 0 amide bonds. The molecule has 0 spiro atoms. The van der Waals surface area contributed by atoms with Gasteiger partial charge in [0.25, 0.3) is 10.2 Å². The number of hydrogen-bond donors (Lipinski definition) is 3. The van der Waals surface area contributed by atoms with Crippen molar-refractivity contribution in [1.82, 2.24) is 14.8 Å². The molecule has 6 heteroatoms. The first-order valence-electron chi connectivity index (χ1n) is 5.09. The Kier molecular flexibility index (Phi) is 5.72. The third-order valence-electron chi connectivity index (χ3n) is 1.61. The van der Waals surface area contributed by atoms with Crippen molar-refractivity contribution in [3.05, 3.63) is 0 Å². The molecular weight excluding hydrogens is 214 g/mol. The van der Waals surface area contributed by atoms with Crippen molar-refractivity contribution < 1.29 is 8.42 Å². The molecule has 1 atom stereocenters. The standard InChI is InChI=1S/C9H23N3O2S/c1-8(6-10-5)7-11-15(13,14)12-9(2,3)4/h8,10-12H,6-7H2,1-5H3. The van der Waals surface area contributed by atoms with Crippen LogP contribution in [0.25, 0.3) is 0 Å². The summed E-state index contributed by atoms with van der Waals surface area (Å²) in [6, 6.07) is 0. The third kappa shape index (κ3) is 8.80. The quantitative estimate of drug-likeness (QED) is 0.612. The lowest BCUT2D eigenvalue weighted by molar-refractivity contribution is 0.471. The first-order valence-corrected chi connectivity index (χ1v) is 6.58. The summed E-state index contributed by atoms with van der Waals surface area (Å²) in [6.45, 7) is 8.64. The number of nitrogens with one attached hydrogen (secondary N) is 3. The summed E-state index contributed by atoms with van der Waals surface area (Å²) < 4.78 is 28.1. The summed E-state index contributed by atoms with van der Waals surface area (Å²) in [6.07, 6.45) is 0. The molecule has 15 heavy (non-hydrogen) atoms. The molecule has 92 valence electrons. The molecule has 3 N–H and O–H groups in total. The van der Waals surface area contributed by atoms with Gasteiger partial charge in [0.15, 0.2) is 0 Å². The van der Waals surface area contributed by atoms with E-state index in [4.69, 9.17) is 0 Å². The summed E-state index contributed by atoms with van der Waals surface area (Å²) in [4.78, 5) is 0. The molecule has 0 saturated carbocycles. The molecule has 0 bridgehead atoms. The van der Waals surface area contributed by atoms with Crippen LogP contribution in [0.4, 0.5) is 0 Å². The highest BCUT2D eigenvalue weighted by Gasteiger charge is 2.19. The van der Waals surface area contributed by atoms with E-state index >= 15 is 0 Å². The van der Waals surface area contributed by atoms with Crippen LogP contribution in [0.5, 0.6) is 0 Å². The molecule has 0 radical (unpaired) electrons. The zero-order chi connectivity index (χ0) is 12.1. The average Bonchev–Trinajstić information content (AvgIpc) is 1.97. The van der Waals surface area contributed by atoms with Crippen LogP contribution in [0.15, 0.2) is 0 Å². The molecule has 0 aliphatic carbocycles. The molecule has 5 nitrogen and oxygen atoms in total. The van der Waals surface area contributed by atoms with Crippen LogP contribution in [0.1, 0.15) is 27.7 Å². The minimum atomic E-state index is -3.38. The van der Waals surface area contributed by atoms with Crippen molar-refractivity contribution in [2.75, 3.05) is 20.1 Å². The van der Waals surface area contributed by atoms with Crippen LogP contribution in [-0.2, 0) is 10.2 Å². The fourth-order valence-corrected chi connectivity index (χ4v) is 2.49. The first-order chi connectivity index (χ1) is 6.66. The van der Waals surface area contributed by atoms with Crippen LogP contribution in [-0.4, -0.2) is 34.1 Å². The molecule has 0 heterocycles. The Hall–Kier alpha value is -0.170. The highest BCUT2D eigenvalue weighted by atomic mass is 32.2. The van der Waals surface area contributed by atoms with Crippen LogP contribution in [0.3, 0.4) is 0 Å². The highest BCUT2D eigenvalue weighted by molar-refractivity contribution is 7.87. The summed E-state index contributed by atoms with van der Waals surface area (Å²) in [5, 5.41) is 3.00. The molecule has 0 aliphatic rings. The smallest absolute Gasteiger partial charge is 0.277 e. The van der Waals surface area contributed by atoms with Gasteiger partial charge in [-0.15, -0.1) is 0 Å². The number of rotatable bonds is 6. The maximum absolute atomic E-state index is 11.5. The molecule has 0 saturated heterocycles. The van der Waals surface area contributed by atoms with Crippen molar-refractivity contribution in [3.8, 4) is 0 Å². The molecule has 0 rings (SSSR count). The fraction of sp³-hybridized carbons (Fsp3) is 1.00. The van der Waals surface area contributed by atoms with E-state index < -0.39 is 15.7 Å². The van der Waals surface area contributed by atoms with E-state index in [1.807, 2.05) is 34.7 Å². The summed E-state index contributed by atoms with van der Waals surface area (Å²) in [5.74, 6) is 0.270. The van der Waals surface area contributed by atoms with Crippen molar-refractivity contribution >= 4 is 10.2 Å². The van der Waals surface area contributed by atoms with Crippen LogP contribution in [0.2, 0.25) is 0 Å². The Morgan fingerprint density at radius 3 is 2.13 bits per heavy atom. The topological polar surface area (TPSA) is 70.2 Å². The van der Waals surface area contributed by atoms with E-state index in [0.717, 1.165) is 6.54 Å². The molecule has 0 aromatic heterocycles. The van der Waals surface area contributed by atoms with Gasteiger partial charge in [-0.3, -0.25) is 0 Å². The largest absolute Gasteiger partial charge is 0.319 e. The van der Waals surface area contributed by atoms with Gasteiger partial charge in [0.2, 0.25) is 0 Å². The van der Waals surface area contributed by atoms with E-state index in [-0.39, 0.29) is 5.92 Å². The maximum Gasteiger partial charge on any atom is 0.277 e. The monoisotopic (exact) mass is 237 g/mol. The SMILES string of the molecule is CNCC(C)CNS(=O)(=O)NC(C)(C)C. The van der Waals surface area contributed by atoms with E-state index in [1.165, 1.54) is 0 Å². The van der Waals surface area contributed by atoms with Gasteiger partial charge in [-0.25, -0.2) is 4.72 Å². The second-order valence-corrected chi connectivity index (χ2v) is 6.37. The van der Waals surface area contributed by atoms with Crippen molar-refractivity contribution in [2.45, 2.75) is 33.2 Å². The van der Waals surface area contributed by atoms with Crippen molar-refractivity contribution in [3.63, 3.8) is 0 Å². The fourth-order valence-electron chi connectivity index (χ4n) is 1.11. The first kappa shape index (κ1) is 14.8. The van der Waals surface area contributed by atoms with E-state index in [9.17, 15) is 8.42 Å². The van der Waals surface area contributed by atoms with Gasteiger partial charge in [-0.2, -0.15) is 13.1 Å². The van der Waals surface area contributed by atoms with Gasteiger partial charge in [0.1, 0.15) is 0 Å². The van der Waals surface area contributed by atoms with Gasteiger partial charge >= 0.3 is 0 Å². The van der Waals surface area contributed by atoms with Crippen LogP contribution in [0, 0.1) is 5.92 Å². The molecule has 0 aromatic carbocycles. The van der Waals surface area contributed by atoms with Crippen LogP contribution >= 0.6 is 0 Å². The Labute approximate surface area is 93.2 Å². The van der Waals surface area contributed by atoms with Crippen LogP contribution < -0.4 is 14.8 Å². The minimum Gasteiger partial charge on any atom is -0.319 e. The third-order valence-corrected chi connectivity index (χ3v) is 3.04.